The highest BCUT2D eigenvalue weighted by Crippen LogP contribution is 2.24. The molecule has 1 fully saturated rings. The van der Waals surface area contributed by atoms with E-state index in [1.165, 1.54) is 0 Å². The molecule has 2 aromatic rings. The molecule has 3 rings (SSSR count). The van der Waals surface area contributed by atoms with Crippen molar-refractivity contribution in [3.05, 3.63) is 24.1 Å². The first-order valence-electron chi connectivity index (χ1n) is 6.47. The van der Waals surface area contributed by atoms with Gasteiger partial charge in [0.1, 0.15) is 5.52 Å². The molecule has 0 aliphatic carbocycles. The van der Waals surface area contributed by atoms with Crippen molar-refractivity contribution in [1.29, 1.82) is 0 Å². The first-order valence-corrected chi connectivity index (χ1v) is 6.47. The highest BCUT2D eigenvalue weighted by atomic mass is 16.5. The molecule has 2 heterocycles. The number of oxazole rings is 1. The van der Waals surface area contributed by atoms with Crippen LogP contribution in [-0.4, -0.2) is 24.2 Å². The summed E-state index contributed by atoms with van der Waals surface area (Å²) in [5.41, 5.74) is 2.86. The van der Waals surface area contributed by atoms with Crippen molar-refractivity contribution in [2.45, 2.75) is 32.2 Å². The molecule has 0 radical (unpaired) electrons. The van der Waals surface area contributed by atoms with E-state index in [4.69, 9.17) is 9.15 Å². The summed E-state index contributed by atoms with van der Waals surface area (Å²) in [6.07, 6.45) is 1.06. The zero-order chi connectivity index (χ0) is 12.5. The van der Waals surface area contributed by atoms with Gasteiger partial charge in [-0.1, -0.05) is 13.8 Å². The summed E-state index contributed by atoms with van der Waals surface area (Å²) < 4.78 is 11.0. The maximum absolute atomic E-state index is 5.69. The van der Waals surface area contributed by atoms with Crippen LogP contribution < -0.4 is 5.32 Å². The maximum atomic E-state index is 5.69. The molecule has 0 saturated carbocycles. The molecular weight excluding hydrogens is 228 g/mol. The molecule has 1 aliphatic heterocycles. The summed E-state index contributed by atoms with van der Waals surface area (Å²) in [7, 11) is 0. The molecule has 0 spiro atoms. The van der Waals surface area contributed by atoms with Gasteiger partial charge in [0.2, 0.25) is 0 Å². The molecule has 1 aliphatic rings. The number of nitrogens with zero attached hydrogens (tertiary/aromatic N) is 1. The molecule has 1 aromatic heterocycles. The normalized spacial score (nSPS) is 19.8. The Bertz CT molecular complexity index is 542. The number of rotatable bonds is 3. The van der Waals surface area contributed by atoms with E-state index in [-0.39, 0.29) is 0 Å². The van der Waals surface area contributed by atoms with Crippen LogP contribution in [0.25, 0.3) is 11.1 Å². The summed E-state index contributed by atoms with van der Waals surface area (Å²) in [4.78, 5) is 4.51. The number of nitrogens with one attached hydrogen (secondary N) is 1. The predicted molar refractivity (Wildman–Crippen MR) is 70.9 cm³/mol. The number of benzene rings is 1. The van der Waals surface area contributed by atoms with Crippen molar-refractivity contribution >= 4 is 16.8 Å². The molecule has 0 amide bonds. The lowest BCUT2D eigenvalue weighted by Crippen LogP contribution is -2.18. The van der Waals surface area contributed by atoms with Gasteiger partial charge in [-0.3, -0.25) is 0 Å². The largest absolute Gasteiger partial charge is 0.440 e. The Labute approximate surface area is 106 Å². The minimum atomic E-state index is 0.317. The number of aromatic nitrogens is 1. The number of hydrogen-bond donors (Lipinski definition) is 1. The van der Waals surface area contributed by atoms with Gasteiger partial charge in [0, 0.05) is 18.2 Å². The lowest BCUT2D eigenvalue weighted by molar-refractivity contribution is 0.195. The highest BCUT2D eigenvalue weighted by molar-refractivity contribution is 5.77. The van der Waals surface area contributed by atoms with E-state index in [9.17, 15) is 0 Å². The third-order valence-electron chi connectivity index (χ3n) is 3.20. The molecule has 1 atom stereocenters. The predicted octanol–water partition coefficient (Wildman–Crippen LogP) is 3.15. The monoisotopic (exact) mass is 246 g/mol. The molecule has 0 bridgehead atoms. The van der Waals surface area contributed by atoms with Crippen LogP contribution in [0.15, 0.2) is 22.6 Å². The third-order valence-corrected chi connectivity index (χ3v) is 3.20. The SMILES string of the molecule is CC(C)c1nc2cc(NC3CCOC3)ccc2o1. The zero-order valence-corrected chi connectivity index (χ0v) is 10.8. The second-order valence-corrected chi connectivity index (χ2v) is 5.09. The Hall–Kier alpha value is -1.55. The van der Waals surface area contributed by atoms with Crippen molar-refractivity contribution in [2.75, 3.05) is 18.5 Å². The summed E-state index contributed by atoms with van der Waals surface area (Å²) in [6, 6.07) is 6.48. The molecule has 1 unspecified atom stereocenters. The van der Waals surface area contributed by atoms with Gasteiger partial charge >= 0.3 is 0 Å². The third kappa shape index (κ3) is 2.20. The Morgan fingerprint density at radius 2 is 2.28 bits per heavy atom. The molecular formula is C14H18N2O2. The van der Waals surface area contributed by atoms with Gasteiger partial charge in [0.15, 0.2) is 11.5 Å². The Morgan fingerprint density at radius 3 is 3.00 bits per heavy atom. The van der Waals surface area contributed by atoms with Crippen molar-refractivity contribution in [3.8, 4) is 0 Å². The Morgan fingerprint density at radius 1 is 1.39 bits per heavy atom. The van der Waals surface area contributed by atoms with Crippen LogP contribution in [0.1, 0.15) is 32.1 Å². The van der Waals surface area contributed by atoms with Crippen molar-refractivity contribution in [3.63, 3.8) is 0 Å². The first kappa shape index (κ1) is 11.5. The topological polar surface area (TPSA) is 47.3 Å². The van der Waals surface area contributed by atoms with Gasteiger partial charge < -0.3 is 14.5 Å². The van der Waals surface area contributed by atoms with E-state index in [1.54, 1.807) is 0 Å². The van der Waals surface area contributed by atoms with Gasteiger partial charge in [-0.15, -0.1) is 0 Å². The van der Waals surface area contributed by atoms with Crippen LogP contribution >= 0.6 is 0 Å². The van der Waals surface area contributed by atoms with Crippen LogP contribution in [-0.2, 0) is 4.74 Å². The van der Waals surface area contributed by atoms with Crippen LogP contribution in [0.5, 0.6) is 0 Å². The van der Waals surface area contributed by atoms with E-state index in [0.717, 1.165) is 42.3 Å². The summed E-state index contributed by atoms with van der Waals surface area (Å²) in [5, 5.41) is 3.46. The maximum Gasteiger partial charge on any atom is 0.198 e. The van der Waals surface area contributed by atoms with Crippen LogP contribution in [0.3, 0.4) is 0 Å². The Kier molecular flexibility index (Phi) is 2.96. The molecule has 4 heteroatoms. The van der Waals surface area contributed by atoms with Crippen LogP contribution in [0.2, 0.25) is 0 Å². The fourth-order valence-corrected chi connectivity index (χ4v) is 2.17. The molecule has 1 saturated heterocycles. The fraction of sp³-hybridized carbons (Fsp3) is 0.500. The number of ether oxygens (including phenoxy) is 1. The zero-order valence-electron chi connectivity index (χ0n) is 10.8. The number of hydrogen-bond acceptors (Lipinski definition) is 4. The minimum absolute atomic E-state index is 0.317. The summed E-state index contributed by atoms with van der Waals surface area (Å²) in [6.45, 7) is 5.80. The van der Waals surface area contributed by atoms with Crippen LogP contribution in [0, 0.1) is 0 Å². The van der Waals surface area contributed by atoms with Crippen molar-refractivity contribution in [1.82, 2.24) is 4.98 Å². The van der Waals surface area contributed by atoms with E-state index >= 15 is 0 Å². The number of fused-ring (bicyclic) bond motifs is 1. The number of anilines is 1. The van der Waals surface area contributed by atoms with Gasteiger partial charge in [0.05, 0.1) is 12.6 Å². The van der Waals surface area contributed by atoms with E-state index in [1.807, 2.05) is 18.2 Å². The van der Waals surface area contributed by atoms with Gasteiger partial charge in [-0.25, -0.2) is 4.98 Å². The first-order chi connectivity index (χ1) is 8.72. The highest BCUT2D eigenvalue weighted by Gasteiger charge is 2.16. The lowest BCUT2D eigenvalue weighted by Gasteiger charge is -2.11. The van der Waals surface area contributed by atoms with Gasteiger partial charge in [-0.2, -0.15) is 0 Å². The second-order valence-electron chi connectivity index (χ2n) is 5.09. The van der Waals surface area contributed by atoms with Gasteiger partial charge in [0.25, 0.3) is 0 Å². The Balaban J connectivity index is 1.85. The minimum Gasteiger partial charge on any atom is -0.440 e. The molecule has 96 valence electrons. The lowest BCUT2D eigenvalue weighted by atomic mass is 10.2. The van der Waals surface area contributed by atoms with E-state index in [0.29, 0.717) is 12.0 Å². The molecule has 4 nitrogen and oxygen atoms in total. The standard InChI is InChI=1S/C14H18N2O2/c1-9(2)14-16-12-7-10(3-4-13(12)18-14)15-11-5-6-17-8-11/h3-4,7,9,11,15H,5-6,8H2,1-2H3. The summed E-state index contributed by atoms with van der Waals surface area (Å²) in [5.74, 6) is 1.11. The molecule has 18 heavy (non-hydrogen) atoms. The van der Waals surface area contributed by atoms with E-state index in [2.05, 4.69) is 24.1 Å². The van der Waals surface area contributed by atoms with Crippen molar-refractivity contribution in [2.24, 2.45) is 0 Å². The van der Waals surface area contributed by atoms with Crippen LogP contribution in [0.4, 0.5) is 5.69 Å². The fourth-order valence-electron chi connectivity index (χ4n) is 2.17. The smallest absolute Gasteiger partial charge is 0.198 e. The summed E-state index contributed by atoms with van der Waals surface area (Å²) >= 11 is 0. The quantitative estimate of drug-likeness (QED) is 0.903. The molecule has 1 aromatic carbocycles. The second kappa shape index (κ2) is 4.61. The van der Waals surface area contributed by atoms with Gasteiger partial charge in [-0.05, 0) is 24.6 Å². The van der Waals surface area contributed by atoms with Crippen molar-refractivity contribution < 1.29 is 9.15 Å². The average Bonchev–Trinajstić information content (AvgIpc) is 2.96. The van der Waals surface area contributed by atoms with E-state index < -0.39 is 0 Å². The molecule has 1 N–H and O–H groups in total. The average molecular weight is 246 g/mol.